The van der Waals surface area contributed by atoms with E-state index in [9.17, 15) is 29.4 Å². The van der Waals surface area contributed by atoms with Crippen LogP contribution in [0.25, 0.3) is 0 Å². The fraction of sp³-hybridized carbons (Fsp3) is 0.235. The van der Waals surface area contributed by atoms with Gasteiger partial charge in [-0.2, -0.15) is 0 Å². The van der Waals surface area contributed by atoms with E-state index in [2.05, 4.69) is 5.32 Å². The zero-order chi connectivity index (χ0) is 47.2. The average Bonchev–Trinajstić information content (AvgIpc) is 3.98. The second kappa shape index (κ2) is 17.7. The van der Waals surface area contributed by atoms with Crippen molar-refractivity contribution in [3.8, 4) is 34.8 Å². The fourth-order valence-corrected chi connectivity index (χ4v) is 9.18. The SMILES string of the molecule is COc1cc2c(cc1OCc1cc(COc3cc4c(cc3OC)C(=O)N3c5ccccc5CC3C(=O)N4)cc(N(C)CCCC(=O)On3c(O)ccc3O)c1)N=CC1Cc3ccccc3N1C2=O. The lowest BCUT2D eigenvalue weighted by Gasteiger charge is -2.22. The number of para-hydroxylation sites is 2. The molecule has 3 N–H and O–H groups in total. The molecule has 0 saturated heterocycles. The van der Waals surface area contributed by atoms with Gasteiger partial charge in [-0.1, -0.05) is 36.4 Å². The first-order chi connectivity index (χ1) is 33.0. The van der Waals surface area contributed by atoms with Crippen LogP contribution < -0.4 is 43.8 Å². The number of ether oxygens (including phenoxy) is 4. The summed E-state index contributed by atoms with van der Waals surface area (Å²) in [6, 6.07) is 29.2. The summed E-state index contributed by atoms with van der Waals surface area (Å²) in [5.41, 5.74) is 7.20. The molecule has 2 atom stereocenters. The number of aromatic nitrogens is 1. The van der Waals surface area contributed by atoms with Crippen LogP contribution in [0.15, 0.2) is 108 Å². The lowest BCUT2D eigenvalue weighted by Crippen LogP contribution is -2.42. The highest BCUT2D eigenvalue weighted by Gasteiger charge is 2.42. The van der Waals surface area contributed by atoms with Gasteiger partial charge in [-0.25, -0.2) is 4.79 Å². The van der Waals surface area contributed by atoms with Gasteiger partial charge in [-0.3, -0.25) is 29.2 Å². The molecule has 0 spiro atoms. The minimum Gasteiger partial charge on any atom is -0.493 e. The van der Waals surface area contributed by atoms with Gasteiger partial charge < -0.3 is 44.2 Å². The number of benzene rings is 5. The van der Waals surface area contributed by atoms with Crippen molar-refractivity contribution in [1.29, 1.82) is 0 Å². The molecular weight excluding hydrogens is 873 g/mol. The summed E-state index contributed by atoms with van der Waals surface area (Å²) in [5.74, 6) is -0.972. The van der Waals surface area contributed by atoms with Crippen LogP contribution in [0.5, 0.6) is 34.8 Å². The third-order valence-corrected chi connectivity index (χ3v) is 12.6. The first-order valence-electron chi connectivity index (χ1n) is 22.0. The van der Waals surface area contributed by atoms with Gasteiger partial charge in [0.25, 0.3) is 11.8 Å². The van der Waals surface area contributed by atoms with Crippen LogP contribution in [0.3, 0.4) is 0 Å². The van der Waals surface area contributed by atoms with Crippen molar-refractivity contribution < 1.29 is 53.2 Å². The Morgan fingerprint density at radius 3 is 2.01 bits per heavy atom. The van der Waals surface area contributed by atoms with Crippen molar-refractivity contribution in [2.24, 2.45) is 4.99 Å². The highest BCUT2D eigenvalue weighted by atomic mass is 16.7. The molecule has 5 heterocycles. The largest absolute Gasteiger partial charge is 0.493 e. The number of amides is 3. The number of hydrogen-bond donors (Lipinski definition) is 3. The average molecular weight is 919 g/mol. The maximum Gasteiger partial charge on any atom is 0.333 e. The molecule has 10 rings (SSSR count). The topological polar surface area (TPSA) is 194 Å². The van der Waals surface area contributed by atoms with Gasteiger partial charge >= 0.3 is 5.97 Å². The molecule has 2 unspecified atom stereocenters. The molecule has 5 aromatic carbocycles. The Labute approximate surface area is 390 Å². The molecule has 68 heavy (non-hydrogen) atoms. The van der Waals surface area contributed by atoms with Gasteiger partial charge in [0.05, 0.1) is 42.8 Å². The summed E-state index contributed by atoms with van der Waals surface area (Å²) in [6.45, 7) is 0.506. The molecule has 4 aliphatic rings. The number of aromatic hydroxyl groups is 2. The zero-order valence-corrected chi connectivity index (χ0v) is 37.3. The predicted octanol–water partition coefficient (Wildman–Crippen LogP) is 6.76. The van der Waals surface area contributed by atoms with E-state index in [-0.39, 0.29) is 49.0 Å². The highest BCUT2D eigenvalue weighted by Crippen LogP contribution is 2.43. The van der Waals surface area contributed by atoms with Gasteiger partial charge in [0.1, 0.15) is 19.3 Å². The summed E-state index contributed by atoms with van der Waals surface area (Å²) in [6.07, 6.45) is 3.20. The molecule has 0 fully saturated rings. The Bertz CT molecular complexity index is 3040. The summed E-state index contributed by atoms with van der Waals surface area (Å²) < 4.78 is 25.0. The van der Waals surface area contributed by atoms with Crippen molar-refractivity contribution in [1.82, 2.24) is 4.73 Å². The van der Waals surface area contributed by atoms with Crippen molar-refractivity contribution in [3.63, 3.8) is 0 Å². The Morgan fingerprint density at radius 1 is 0.735 bits per heavy atom. The van der Waals surface area contributed by atoms with E-state index in [1.807, 2.05) is 78.7 Å². The number of fused-ring (bicyclic) bond motifs is 8. The number of carbonyl (C=O) groups excluding carboxylic acids is 4. The van der Waals surface area contributed by atoms with Gasteiger partial charge in [-0.15, -0.1) is 4.73 Å². The van der Waals surface area contributed by atoms with Crippen LogP contribution in [-0.4, -0.2) is 84.7 Å². The Balaban J connectivity index is 0.905. The van der Waals surface area contributed by atoms with E-state index < -0.39 is 23.8 Å². The molecule has 17 heteroatoms. The normalized spacial score (nSPS) is 16.3. The van der Waals surface area contributed by atoms with E-state index in [1.165, 1.54) is 26.4 Å². The molecule has 17 nitrogen and oxygen atoms in total. The number of anilines is 4. The smallest absolute Gasteiger partial charge is 0.333 e. The number of methoxy groups -OCH3 is 2. The number of hydrogen-bond acceptors (Lipinski definition) is 13. The maximum atomic E-state index is 14.1. The highest BCUT2D eigenvalue weighted by molar-refractivity contribution is 6.20. The van der Waals surface area contributed by atoms with Crippen LogP contribution in [0.2, 0.25) is 0 Å². The van der Waals surface area contributed by atoms with Crippen LogP contribution in [0.1, 0.15) is 55.8 Å². The predicted molar refractivity (Wildman–Crippen MR) is 251 cm³/mol. The summed E-state index contributed by atoms with van der Waals surface area (Å²) in [4.78, 5) is 69.5. The third kappa shape index (κ3) is 8.01. The number of nitrogens with zero attached hydrogens (tertiary/aromatic N) is 5. The van der Waals surface area contributed by atoms with Gasteiger partial charge in [0.2, 0.25) is 17.7 Å². The second-order valence-corrected chi connectivity index (χ2v) is 16.9. The van der Waals surface area contributed by atoms with E-state index in [0.717, 1.165) is 33.6 Å². The molecule has 0 radical (unpaired) electrons. The first-order valence-corrected chi connectivity index (χ1v) is 22.0. The van der Waals surface area contributed by atoms with E-state index in [4.69, 9.17) is 28.8 Å². The Kier molecular flexibility index (Phi) is 11.3. The molecule has 0 aliphatic carbocycles. The molecular formula is C51H46N6O11. The number of rotatable bonds is 14. The Hall–Kier alpha value is -8.47. The Morgan fingerprint density at radius 2 is 1.34 bits per heavy atom. The van der Waals surface area contributed by atoms with Crippen LogP contribution >= 0.6 is 0 Å². The van der Waals surface area contributed by atoms with Crippen molar-refractivity contribution in [2.75, 3.05) is 47.8 Å². The lowest BCUT2D eigenvalue weighted by molar-refractivity contribution is -0.145. The molecule has 6 aromatic rings. The monoisotopic (exact) mass is 918 g/mol. The number of carbonyl (C=O) groups is 4. The van der Waals surface area contributed by atoms with Gasteiger partial charge in [0, 0.05) is 80.4 Å². The minimum absolute atomic E-state index is 0.0174. The number of aliphatic imine (C=N–C) groups is 1. The number of nitrogens with one attached hydrogen (secondary N) is 1. The van der Waals surface area contributed by atoms with Crippen molar-refractivity contribution >= 4 is 58.3 Å². The van der Waals surface area contributed by atoms with Crippen LogP contribution in [0.4, 0.5) is 28.4 Å². The van der Waals surface area contributed by atoms with E-state index in [1.54, 1.807) is 40.3 Å². The molecule has 3 amide bonds. The van der Waals surface area contributed by atoms with Crippen LogP contribution in [0, 0.1) is 0 Å². The molecule has 4 aliphatic heterocycles. The van der Waals surface area contributed by atoms with Crippen LogP contribution in [-0.2, 0) is 35.6 Å². The molecule has 0 saturated carbocycles. The summed E-state index contributed by atoms with van der Waals surface area (Å²) in [7, 11) is 4.86. The van der Waals surface area contributed by atoms with E-state index >= 15 is 0 Å². The standard InChI is InChI=1S/C51H46N6O11/c1-54(16-8-13-48(60)68-57-46(58)14-15-47(57)59)33-18-29(27-66-44-24-37-35(22-42(44)64-2)50(62)55-34(26-52-37)20-31-9-4-6-11-39(31)55)17-30(19-33)28-67-45-25-38-36(23-43(45)65-3)51(63)56-40-12-7-5-10-32(40)21-41(56)49(61)53-38/h4-7,9-12,14-15,17-19,22-26,34,41,58-59H,8,13,16,20-21,27-28H2,1-3H3,(H,53,61). The molecule has 0 bridgehead atoms. The van der Waals surface area contributed by atoms with Gasteiger partial charge in [-0.05, 0) is 71.1 Å². The molecule has 346 valence electrons. The van der Waals surface area contributed by atoms with E-state index in [0.29, 0.717) is 76.2 Å². The second-order valence-electron chi connectivity index (χ2n) is 16.9. The minimum atomic E-state index is -0.702. The third-order valence-electron chi connectivity index (χ3n) is 12.6. The van der Waals surface area contributed by atoms with Gasteiger partial charge in [0.15, 0.2) is 23.0 Å². The zero-order valence-electron chi connectivity index (χ0n) is 37.3. The quantitative estimate of drug-likeness (QED) is 0.104. The molecule has 1 aromatic heterocycles. The summed E-state index contributed by atoms with van der Waals surface area (Å²) in [5, 5.41) is 22.7. The summed E-state index contributed by atoms with van der Waals surface area (Å²) >= 11 is 0. The van der Waals surface area contributed by atoms with Crippen molar-refractivity contribution in [3.05, 3.63) is 137 Å². The first kappa shape index (κ1) is 43.4. The lowest BCUT2D eigenvalue weighted by atomic mass is 10.1. The maximum absolute atomic E-state index is 14.1. The van der Waals surface area contributed by atoms with Crippen molar-refractivity contribution in [2.45, 2.75) is 51.0 Å². The fourth-order valence-electron chi connectivity index (χ4n) is 9.18.